The molecule has 0 amide bonds. The zero-order valence-corrected chi connectivity index (χ0v) is 42.3. The number of anilines is 2. The summed E-state index contributed by atoms with van der Waals surface area (Å²) in [5.74, 6) is -0.702. The molecular weight excluding hydrogens is 997 g/mol. The molecule has 0 radical (unpaired) electrons. The van der Waals surface area contributed by atoms with Gasteiger partial charge in [-0.1, -0.05) is 118 Å². The average Bonchev–Trinajstić information content (AvgIpc) is 3.27. The number of para-hydroxylation sites is 2. The van der Waals surface area contributed by atoms with E-state index in [0.29, 0.717) is 11.4 Å². The largest absolute Gasteiger partial charge is 0.456 e. The molecule has 23 heteroatoms. The SMILES string of the molecule is C.C.C.CC.CC.CC.COS(=O)(=O)c1cc2c(-c3ccccc3S(=O)(=O)O)c3cc(CS(=O)(=O)O)c(=[NH+]c4ccccc4)cc-3oc2cc1Nc1ccccc1.COS(C)(=O)=O.COS(C)(=O)=O. The standard InChI is InChI=1S/C33H26N2O10S3.2C2H6O3S.3C2H6.3CH4/c1-44-48(42,43)32-17-26-30(19-28(32)35-23-12-6-3-7-13-23)45-29-18-27(34-22-10-4-2-5-11-22)21(20-46(36,37)38)16-25(29)33(26)24-14-8-9-15-31(24)47(39,40)41;2*1-5-6(2,3)4;3*1-2;;;/h2-19,35H,20H2,1H3,(H,36,37,38)(H,39,40,41);2*1-2H3;3*1-2H3;3*1H4/p+1. The number of nitrogens with one attached hydrogen (secondary N) is 2. The van der Waals surface area contributed by atoms with Gasteiger partial charge in [-0.3, -0.25) is 21.7 Å². The van der Waals surface area contributed by atoms with E-state index in [2.05, 4.69) is 18.7 Å². The van der Waals surface area contributed by atoms with Crippen molar-refractivity contribution >= 4 is 78.6 Å². The smallest absolute Gasteiger partial charge is 0.298 e. The summed E-state index contributed by atoms with van der Waals surface area (Å²) in [6.45, 7) is 12.0. The molecule has 69 heavy (non-hydrogen) atoms. The minimum Gasteiger partial charge on any atom is -0.456 e. The highest BCUT2D eigenvalue weighted by Gasteiger charge is 2.29. The van der Waals surface area contributed by atoms with Crippen molar-refractivity contribution in [3.8, 4) is 22.5 Å². The third-order valence-corrected chi connectivity index (χ3v) is 12.1. The Hall–Kier alpha value is -5.08. The quantitative estimate of drug-likeness (QED) is 0.0538. The van der Waals surface area contributed by atoms with E-state index < -0.39 is 61.2 Å². The van der Waals surface area contributed by atoms with Crippen LogP contribution in [-0.2, 0) is 68.9 Å². The first-order valence-electron chi connectivity index (χ1n) is 19.7. The molecule has 2 aliphatic rings. The van der Waals surface area contributed by atoms with Crippen molar-refractivity contribution in [3.63, 3.8) is 0 Å². The van der Waals surface area contributed by atoms with Crippen molar-refractivity contribution in [2.45, 2.75) is 79.4 Å². The van der Waals surface area contributed by atoms with Gasteiger partial charge in [-0.25, -0.2) is 4.99 Å². The van der Waals surface area contributed by atoms with Crippen molar-refractivity contribution in [1.29, 1.82) is 0 Å². The fourth-order valence-corrected chi connectivity index (χ4v) is 7.53. The normalized spacial score (nSPS) is 11.2. The van der Waals surface area contributed by atoms with E-state index in [1.54, 1.807) is 60.7 Å². The number of fused-ring (bicyclic) bond motifs is 2. The van der Waals surface area contributed by atoms with Gasteiger partial charge in [-0.2, -0.15) is 42.1 Å². The monoisotopic (exact) mass is 1070 g/mol. The molecular formula is C46H69N2O16S5+. The van der Waals surface area contributed by atoms with Gasteiger partial charge in [0.15, 0.2) is 0 Å². The number of rotatable bonds is 11. The second-order valence-electron chi connectivity index (χ2n) is 12.4. The fraction of sp³-hybridized carbons (Fsp3) is 0.326. The number of benzene rings is 5. The van der Waals surface area contributed by atoms with Gasteiger partial charge in [-0.05, 0) is 30.3 Å². The van der Waals surface area contributed by atoms with Crippen molar-refractivity contribution in [1.82, 2.24) is 0 Å². The summed E-state index contributed by atoms with van der Waals surface area (Å²) in [6, 6.07) is 28.6. The van der Waals surface area contributed by atoms with Crippen LogP contribution >= 0.6 is 0 Å². The van der Waals surface area contributed by atoms with Crippen LogP contribution < -0.4 is 15.7 Å². The summed E-state index contributed by atoms with van der Waals surface area (Å²) >= 11 is 0. The van der Waals surface area contributed by atoms with Crippen LogP contribution in [0.3, 0.4) is 0 Å². The van der Waals surface area contributed by atoms with Gasteiger partial charge >= 0.3 is 0 Å². The zero-order chi connectivity index (χ0) is 50.7. The molecule has 1 aliphatic carbocycles. The van der Waals surface area contributed by atoms with Crippen molar-refractivity contribution in [2.75, 3.05) is 39.2 Å². The summed E-state index contributed by atoms with van der Waals surface area (Å²) in [6.07, 6.45) is 1.99. The highest BCUT2D eigenvalue weighted by molar-refractivity contribution is 7.87. The van der Waals surface area contributed by atoms with Crippen LogP contribution in [0.2, 0.25) is 0 Å². The van der Waals surface area contributed by atoms with E-state index in [1.165, 1.54) is 48.5 Å². The van der Waals surface area contributed by atoms with Crippen LogP contribution in [0.5, 0.6) is 0 Å². The minimum absolute atomic E-state index is 0. The molecule has 4 aromatic carbocycles. The Morgan fingerprint density at radius 2 is 1.04 bits per heavy atom. The van der Waals surface area contributed by atoms with E-state index >= 15 is 0 Å². The molecule has 0 spiro atoms. The van der Waals surface area contributed by atoms with Gasteiger partial charge in [-0.15, -0.1) is 0 Å². The minimum atomic E-state index is -4.83. The number of hydrogen-bond donors (Lipinski definition) is 4. The third-order valence-electron chi connectivity index (χ3n) is 8.02. The molecule has 6 rings (SSSR count). The van der Waals surface area contributed by atoms with Crippen LogP contribution in [0.1, 0.15) is 69.4 Å². The Morgan fingerprint density at radius 3 is 1.49 bits per heavy atom. The van der Waals surface area contributed by atoms with Gasteiger partial charge in [0, 0.05) is 51.5 Å². The molecule has 18 nitrogen and oxygen atoms in total. The van der Waals surface area contributed by atoms with Gasteiger partial charge in [0.25, 0.3) is 50.6 Å². The van der Waals surface area contributed by atoms with Crippen LogP contribution in [-0.4, -0.2) is 85.0 Å². The molecule has 4 N–H and O–H groups in total. The first kappa shape index (κ1) is 68.2. The fourth-order valence-electron chi connectivity index (χ4n) is 5.38. The molecule has 388 valence electrons. The summed E-state index contributed by atoms with van der Waals surface area (Å²) in [4.78, 5) is 2.32. The zero-order valence-electron chi connectivity index (χ0n) is 38.3. The number of hydrogen-bond acceptors (Lipinski definition) is 15. The molecule has 1 aliphatic heterocycles. The van der Waals surface area contributed by atoms with Crippen LogP contribution in [0, 0.1) is 0 Å². The molecule has 0 unspecified atom stereocenters. The van der Waals surface area contributed by atoms with Gasteiger partial charge < -0.3 is 9.73 Å². The maximum Gasteiger partial charge on any atom is 0.298 e. The van der Waals surface area contributed by atoms with E-state index in [0.717, 1.165) is 33.8 Å². The van der Waals surface area contributed by atoms with Crippen LogP contribution in [0.25, 0.3) is 33.4 Å². The summed E-state index contributed by atoms with van der Waals surface area (Å²) < 4.78 is 154. The predicted molar refractivity (Wildman–Crippen MR) is 275 cm³/mol. The topological polar surface area (TPSA) is 278 Å². The lowest BCUT2D eigenvalue weighted by Crippen LogP contribution is -2.71. The van der Waals surface area contributed by atoms with Crippen molar-refractivity contribution < 1.29 is 73.2 Å². The van der Waals surface area contributed by atoms with Crippen molar-refractivity contribution in [2.24, 2.45) is 0 Å². The lowest BCUT2D eigenvalue weighted by atomic mass is 9.92. The second-order valence-corrected chi connectivity index (χ2v) is 20.4. The third kappa shape index (κ3) is 21.6. The molecule has 0 fully saturated rings. The van der Waals surface area contributed by atoms with E-state index in [1.807, 2.05) is 41.5 Å². The lowest BCUT2D eigenvalue weighted by Gasteiger charge is -2.20. The predicted octanol–water partition coefficient (Wildman–Crippen LogP) is 8.40. The molecule has 0 atom stereocenters. The highest BCUT2D eigenvalue weighted by atomic mass is 32.2. The molecule has 0 saturated carbocycles. The molecule has 0 saturated heterocycles. The second kappa shape index (κ2) is 30.5. The van der Waals surface area contributed by atoms with Crippen LogP contribution in [0.4, 0.5) is 17.1 Å². The Balaban J connectivity index is -0.00000180. The molecule has 4 aromatic rings. The van der Waals surface area contributed by atoms with E-state index in [4.69, 9.17) is 8.60 Å². The van der Waals surface area contributed by atoms with Gasteiger partial charge in [0.1, 0.15) is 26.9 Å². The average molecular weight is 1070 g/mol. The first-order valence-corrected chi connectivity index (χ1v) is 27.8. The van der Waals surface area contributed by atoms with E-state index in [9.17, 15) is 51.2 Å². The van der Waals surface area contributed by atoms with Crippen LogP contribution in [0.15, 0.2) is 123 Å². The van der Waals surface area contributed by atoms with E-state index in [-0.39, 0.29) is 77.2 Å². The first-order chi connectivity index (χ1) is 30.9. The van der Waals surface area contributed by atoms with Gasteiger partial charge in [0.05, 0.1) is 45.6 Å². The van der Waals surface area contributed by atoms with Gasteiger partial charge in [0.2, 0.25) is 11.0 Å². The summed E-state index contributed by atoms with van der Waals surface area (Å²) in [7, 11) is -16.9. The maximum absolute atomic E-state index is 13.3. The summed E-state index contributed by atoms with van der Waals surface area (Å²) in [5.41, 5.74) is 1.63. The Morgan fingerprint density at radius 1 is 0.580 bits per heavy atom. The summed E-state index contributed by atoms with van der Waals surface area (Å²) in [5, 5.41) is 3.41. The Labute approximate surface area is 410 Å². The Kier molecular flexibility index (Phi) is 30.2. The Bertz CT molecular complexity index is 3080. The maximum atomic E-state index is 13.3. The highest BCUT2D eigenvalue weighted by Crippen LogP contribution is 2.45. The lowest BCUT2D eigenvalue weighted by molar-refractivity contribution is -0.403. The molecule has 0 aromatic heterocycles. The molecule has 0 bridgehead atoms. The van der Waals surface area contributed by atoms with Crippen molar-refractivity contribution in [3.05, 3.63) is 120 Å². The molecule has 1 heterocycles.